The third kappa shape index (κ3) is 3.46. The minimum atomic E-state index is 0.676. The second-order valence-electron chi connectivity index (χ2n) is 5.84. The van der Waals surface area contributed by atoms with E-state index in [1.165, 1.54) is 16.3 Å². The van der Waals surface area contributed by atoms with Crippen LogP contribution in [-0.2, 0) is 5.75 Å². The lowest BCUT2D eigenvalue weighted by molar-refractivity contribution is 0.399. The van der Waals surface area contributed by atoms with Crippen molar-refractivity contribution in [2.45, 2.75) is 10.9 Å². The van der Waals surface area contributed by atoms with Crippen LogP contribution in [0.1, 0.15) is 5.56 Å². The summed E-state index contributed by atoms with van der Waals surface area (Å²) in [4.78, 5) is 0. The fraction of sp³-hybridized carbons (Fsp3) is 0.150. The molecular weight excluding hydrogens is 360 g/mol. The number of rotatable bonds is 6. The number of tetrazole rings is 1. The Morgan fingerprint density at radius 2 is 1.81 bits per heavy atom. The van der Waals surface area contributed by atoms with E-state index in [1.807, 2.05) is 18.2 Å². The molecule has 0 atom stereocenters. The molecule has 7 heteroatoms. The smallest absolute Gasteiger partial charge is 0.214 e. The number of aromatic nitrogens is 4. The van der Waals surface area contributed by atoms with Crippen LogP contribution >= 0.6 is 11.8 Å². The molecule has 0 aliphatic rings. The van der Waals surface area contributed by atoms with Crippen molar-refractivity contribution in [1.82, 2.24) is 20.2 Å². The molecule has 0 unspecified atom stereocenters. The van der Waals surface area contributed by atoms with Gasteiger partial charge in [0.1, 0.15) is 17.2 Å². The molecule has 0 aliphatic heterocycles. The standard InChI is InChI=1S/C20H18N4O2S/c1-25-16-10-11-19(26-2)18(12-16)24-20(21-22-23-24)27-13-15-8-5-7-14-6-3-4-9-17(14)15/h3-12H,13H2,1-2H3. The Balaban J connectivity index is 1.65. The van der Waals surface area contributed by atoms with Crippen LogP contribution < -0.4 is 9.47 Å². The average molecular weight is 378 g/mol. The summed E-state index contributed by atoms with van der Waals surface area (Å²) < 4.78 is 12.5. The number of benzene rings is 3. The number of methoxy groups -OCH3 is 2. The van der Waals surface area contributed by atoms with Gasteiger partial charge >= 0.3 is 0 Å². The van der Waals surface area contributed by atoms with Crippen molar-refractivity contribution in [2.75, 3.05) is 14.2 Å². The molecule has 1 aromatic heterocycles. The summed E-state index contributed by atoms with van der Waals surface area (Å²) in [6, 6.07) is 20.2. The fourth-order valence-corrected chi connectivity index (χ4v) is 3.83. The molecule has 0 saturated carbocycles. The summed E-state index contributed by atoms with van der Waals surface area (Å²) in [5.74, 6) is 2.15. The van der Waals surface area contributed by atoms with Crippen LogP contribution in [0.5, 0.6) is 11.5 Å². The maximum absolute atomic E-state index is 5.46. The van der Waals surface area contributed by atoms with E-state index in [-0.39, 0.29) is 0 Å². The molecule has 0 bridgehead atoms. The van der Waals surface area contributed by atoms with E-state index < -0.39 is 0 Å². The van der Waals surface area contributed by atoms with Gasteiger partial charge in [0.25, 0.3) is 0 Å². The quantitative estimate of drug-likeness (QED) is 0.470. The Labute approximate surface area is 161 Å². The molecule has 136 valence electrons. The molecule has 0 saturated heterocycles. The van der Waals surface area contributed by atoms with Crippen LogP contribution in [-0.4, -0.2) is 34.4 Å². The van der Waals surface area contributed by atoms with Gasteiger partial charge in [-0.2, -0.15) is 4.68 Å². The number of nitrogens with zero attached hydrogens (tertiary/aromatic N) is 4. The second kappa shape index (κ2) is 7.67. The van der Waals surface area contributed by atoms with Crippen molar-refractivity contribution < 1.29 is 9.47 Å². The summed E-state index contributed by atoms with van der Waals surface area (Å²) in [6.45, 7) is 0. The number of thioether (sulfide) groups is 1. The van der Waals surface area contributed by atoms with E-state index in [0.717, 1.165) is 11.4 Å². The van der Waals surface area contributed by atoms with Crippen LogP contribution in [0, 0.1) is 0 Å². The zero-order valence-electron chi connectivity index (χ0n) is 15.0. The molecule has 1 heterocycles. The highest BCUT2D eigenvalue weighted by Gasteiger charge is 2.15. The van der Waals surface area contributed by atoms with Crippen molar-refractivity contribution in [3.05, 3.63) is 66.2 Å². The summed E-state index contributed by atoms with van der Waals surface area (Å²) in [5, 5.41) is 15.3. The average Bonchev–Trinajstić information content (AvgIpc) is 3.20. The van der Waals surface area contributed by atoms with Gasteiger partial charge in [-0.3, -0.25) is 0 Å². The van der Waals surface area contributed by atoms with Crippen LogP contribution in [0.25, 0.3) is 16.5 Å². The summed E-state index contributed by atoms with van der Waals surface area (Å²) in [5.41, 5.74) is 1.98. The first kappa shape index (κ1) is 17.4. The van der Waals surface area contributed by atoms with E-state index in [2.05, 4.69) is 58.0 Å². The first-order valence-electron chi connectivity index (χ1n) is 8.40. The van der Waals surface area contributed by atoms with Crippen LogP contribution in [0.2, 0.25) is 0 Å². The molecule has 0 radical (unpaired) electrons. The van der Waals surface area contributed by atoms with Crippen molar-refractivity contribution >= 4 is 22.5 Å². The molecule has 0 fully saturated rings. The first-order valence-corrected chi connectivity index (χ1v) is 9.39. The molecule has 0 N–H and O–H groups in total. The number of ether oxygens (including phenoxy) is 2. The van der Waals surface area contributed by atoms with Gasteiger partial charge in [-0.25, -0.2) is 0 Å². The Morgan fingerprint density at radius 1 is 0.963 bits per heavy atom. The Kier molecular flexibility index (Phi) is 4.93. The molecule has 0 spiro atoms. The van der Waals surface area contributed by atoms with Gasteiger partial charge in [-0.15, -0.1) is 5.10 Å². The van der Waals surface area contributed by atoms with Gasteiger partial charge in [0, 0.05) is 11.8 Å². The molecule has 0 aliphatic carbocycles. The minimum Gasteiger partial charge on any atom is -0.497 e. The lowest BCUT2D eigenvalue weighted by Gasteiger charge is -2.11. The minimum absolute atomic E-state index is 0.676. The molecule has 3 aromatic carbocycles. The maximum atomic E-state index is 5.46. The lowest BCUT2D eigenvalue weighted by atomic mass is 10.1. The van der Waals surface area contributed by atoms with Gasteiger partial charge < -0.3 is 9.47 Å². The molecule has 6 nitrogen and oxygen atoms in total. The van der Waals surface area contributed by atoms with Gasteiger partial charge in [-0.05, 0) is 38.9 Å². The highest BCUT2D eigenvalue weighted by atomic mass is 32.2. The molecule has 4 rings (SSSR count). The van der Waals surface area contributed by atoms with E-state index in [1.54, 1.807) is 30.7 Å². The lowest BCUT2D eigenvalue weighted by Crippen LogP contribution is -2.02. The molecule has 0 amide bonds. The Hall–Kier alpha value is -3.06. The number of hydrogen-bond acceptors (Lipinski definition) is 6. The zero-order chi connectivity index (χ0) is 18.6. The van der Waals surface area contributed by atoms with Crippen molar-refractivity contribution in [3.63, 3.8) is 0 Å². The van der Waals surface area contributed by atoms with Gasteiger partial charge in [0.05, 0.1) is 14.2 Å². The Bertz CT molecular complexity index is 1080. The van der Waals surface area contributed by atoms with Crippen LogP contribution in [0.4, 0.5) is 0 Å². The summed E-state index contributed by atoms with van der Waals surface area (Å²) in [6.07, 6.45) is 0. The highest BCUT2D eigenvalue weighted by molar-refractivity contribution is 7.98. The van der Waals surface area contributed by atoms with E-state index >= 15 is 0 Å². The fourth-order valence-electron chi connectivity index (χ4n) is 2.94. The second-order valence-corrected chi connectivity index (χ2v) is 6.78. The summed E-state index contributed by atoms with van der Waals surface area (Å²) >= 11 is 1.58. The topological polar surface area (TPSA) is 62.1 Å². The molecule has 27 heavy (non-hydrogen) atoms. The van der Waals surface area contributed by atoms with Crippen LogP contribution in [0.15, 0.2) is 65.8 Å². The number of hydrogen-bond donors (Lipinski definition) is 0. The molecular formula is C20H18N4O2S. The third-order valence-corrected chi connectivity index (χ3v) is 5.26. The first-order chi connectivity index (χ1) is 13.3. The Morgan fingerprint density at radius 3 is 2.67 bits per heavy atom. The normalized spacial score (nSPS) is 10.9. The van der Waals surface area contributed by atoms with Gasteiger partial charge in [0.15, 0.2) is 0 Å². The van der Waals surface area contributed by atoms with Crippen LogP contribution in [0.3, 0.4) is 0 Å². The largest absolute Gasteiger partial charge is 0.497 e. The monoisotopic (exact) mass is 378 g/mol. The highest BCUT2D eigenvalue weighted by Crippen LogP contribution is 2.31. The van der Waals surface area contributed by atoms with E-state index in [9.17, 15) is 0 Å². The van der Waals surface area contributed by atoms with Gasteiger partial charge in [0.2, 0.25) is 5.16 Å². The van der Waals surface area contributed by atoms with E-state index in [4.69, 9.17) is 9.47 Å². The van der Waals surface area contributed by atoms with Crippen molar-refractivity contribution in [1.29, 1.82) is 0 Å². The maximum Gasteiger partial charge on any atom is 0.214 e. The third-order valence-electron chi connectivity index (χ3n) is 4.29. The SMILES string of the molecule is COc1ccc(OC)c(-n2nnnc2SCc2cccc3ccccc23)c1. The van der Waals surface area contributed by atoms with E-state index in [0.29, 0.717) is 16.7 Å². The number of fused-ring (bicyclic) bond motifs is 1. The van der Waals surface area contributed by atoms with Gasteiger partial charge in [-0.1, -0.05) is 54.2 Å². The molecule has 4 aromatic rings. The van der Waals surface area contributed by atoms with Crippen molar-refractivity contribution in [2.24, 2.45) is 0 Å². The predicted molar refractivity (Wildman–Crippen MR) is 106 cm³/mol. The summed E-state index contributed by atoms with van der Waals surface area (Å²) in [7, 11) is 3.25. The predicted octanol–water partition coefficient (Wildman–Crippen LogP) is 4.13. The zero-order valence-corrected chi connectivity index (χ0v) is 15.8. The van der Waals surface area contributed by atoms with Crippen molar-refractivity contribution in [3.8, 4) is 17.2 Å².